The SMILES string of the molecule is Cc1ccc(-c2c3nc(c(-c4c(C)cc(C)cc4C)c4ccc([nH]4)c(-c4ccccc4)c4nc(cc5ccc2[nH]5)C(C)(C)C4=O)CC3)cc1. The van der Waals surface area contributed by atoms with E-state index in [0.29, 0.717) is 5.69 Å². The van der Waals surface area contributed by atoms with E-state index in [9.17, 15) is 4.79 Å². The first-order valence-corrected chi connectivity index (χ1v) is 17.1. The highest BCUT2D eigenvalue weighted by Gasteiger charge is 2.40. The number of aryl methyl sites for hydroxylation is 6. The van der Waals surface area contributed by atoms with Crippen LogP contribution in [0.25, 0.3) is 55.4 Å². The van der Waals surface area contributed by atoms with Crippen LogP contribution in [0.5, 0.6) is 0 Å². The number of hydrogen-bond acceptors (Lipinski definition) is 3. The highest BCUT2D eigenvalue weighted by Crippen LogP contribution is 2.40. The summed E-state index contributed by atoms with van der Waals surface area (Å²) in [6, 6.07) is 33.8. The molecule has 0 spiro atoms. The van der Waals surface area contributed by atoms with E-state index in [2.05, 4.69) is 110 Å². The summed E-state index contributed by atoms with van der Waals surface area (Å²) >= 11 is 0. The number of rotatable bonds is 3. The molecule has 2 aliphatic heterocycles. The van der Waals surface area contributed by atoms with Crippen LogP contribution in [0.15, 0.2) is 97.1 Å². The third-order valence-electron chi connectivity index (χ3n) is 10.2. The van der Waals surface area contributed by atoms with Crippen molar-refractivity contribution in [1.29, 1.82) is 0 Å². The molecule has 0 amide bonds. The summed E-state index contributed by atoms with van der Waals surface area (Å²) in [7, 11) is 0. The number of benzene rings is 3. The van der Waals surface area contributed by atoms with Gasteiger partial charge in [-0.15, -0.1) is 0 Å². The largest absolute Gasteiger partial charge is 0.355 e. The Hall–Kier alpha value is -5.55. The van der Waals surface area contributed by atoms with Gasteiger partial charge in [0.15, 0.2) is 5.78 Å². The molecule has 0 aliphatic carbocycles. The molecule has 0 unspecified atom stereocenters. The van der Waals surface area contributed by atoms with Crippen molar-refractivity contribution in [2.24, 2.45) is 0 Å². The van der Waals surface area contributed by atoms with Gasteiger partial charge in [0.25, 0.3) is 0 Å². The molecule has 0 atom stereocenters. The summed E-state index contributed by atoms with van der Waals surface area (Å²) in [4.78, 5) is 32.5. The van der Waals surface area contributed by atoms with Gasteiger partial charge in [0.1, 0.15) is 5.69 Å². The number of nitrogens with zero attached hydrogens (tertiary/aromatic N) is 2. The zero-order chi connectivity index (χ0) is 34.0. The zero-order valence-corrected chi connectivity index (χ0v) is 29.0. The van der Waals surface area contributed by atoms with E-state index in [4.69, 9.17) is 9.97 Å². The van der Waals surface area contributed by atoms with Crippen molar-refractivity contribution in [3.63, 3.8) is 0 Å². The van der Waals surface area contributed by atoms with Gasteiger partial charge >= 0.3 is 0 Å². The molecule has 6 aromatic rings. The first-order valence-electron chi connectivity index (χ1n) is 17.1. The molecule has 5 heterocycles. The molecule has 5 heteroatoms. The number of carbonyl (C=O) groups is 1. The van der Waals surface area contributed by atoms with Gasteiger partial charge < -0.3 is 9.97 Å². The average Bonchev–Trinajstić information content (AvgIpc) is 3.88. The zero-order valence-electron chi connectivity index (χ0n) is 29.0. The van der Waals surface area contributed by atoms with Crippen LogP contribution >= 0.6 is 0 Å². The van der Waals surface area contributed by atoms with Gasteiger partial charge in [0, 0.05) is 38.8 Å². The second-order valence-electron chi connectivity index (χ2n) is 14.2. The molecule has 3 aromatic heterocycles. The molecule has 0 saturated heterocycles. The van der Waals surface area contributed by atoms with Crippen molar-refractivity contribution in [2.75, 3.05) is 0 Å². The summed E-state index contributed by atoms with van der Waals surface area (Å²) in [6.45, 7) is 12.6. The number of fused-ring (bicyclic) bond motifs is 8. The van der Waals surface area contributed by atoms with Crippen LogP contribution in [0.4, 0.5) is 0 Å². The maximum absolute atomic E-state index is 14.3. The lowest BCUT2D eigenvalue weighted by Gasteiger charge is -2.15. The van der Waals surface area contributed by atoms with Gasteiger partial charge in [-0.2, -0.15) is 0 Å². The van der Waals surface area contributed by atoms with Gasteiger partial charge in [0.05, 0.1) is 22.5 Å². The molecule has 2 N–H and O–H groups in total. The van der Waals surface area contributed by atoms with Crippen LogP contribution in [-0.4, -0.2) is 25.7 Å². The normalized spacial score (nSPS) is 14.0. The van der Waals surface area contributed by atoms with Crippen molar-refractivity contribution in [1.82, 2.24) is 19.9 Å². The Morgan fingerprint density at radius 2 is 1.16 bits per heavy atom. The predicted octanol–water partition coefficient (Wildman–Crippen LogP) is 10.5. The van der Waals surface area contributed by atoms with E-state index < -0.39 is 5.41 Å². The first-order chi connectivity index (χ1) is 23.6. The van der Waals surface area contributed by atoms with Crippen LogP contribution in [0.3, 0.4) is 0 Å². The van der Waals surface area contributed by atoms with E-state index >= 15 is 0 Å². The third kappa shape index (κ3) is 5.21. The Kier molecular flexibility index (Phi) is 7.25. The highest BCUT2D eigenvalue weighted by atomic mass is 16.1. The Labute approximate surface area is 287 Å². The number of Topliss-reactive ketones (excluding diaryl/α,β-unsaturated/α-hetero) is 1. The number of ketones is 1. The molecule has 2 aliphatic rings. The van der Waals surface area contributed by atoms with E-state index in [1.165, 1.54) is 27.8 Å². The van der Waals surface area contributed by atoms with Gasteiger partial charge in [-0.25, -0.2) is 4.98 Å². The summed E-state index contributed by atoms with van der Waals surface area (Å²) in [5, 5.41) is 0. The number of aromatic nitrogens is 4. The maximum atomic E-state index is 14.3. The Bertz CT molecular complexity index is 2440. The Morgan fingerprint density at radius 3 is 1.86 bits per heavy atom. The fourth-order valence-corrected chi connectivity index (χ4v) is 7.69. The molecule has 3 aromatic carbocycles. The first kappa shape index (κ1) is 30.8. The van der Waals surface area contributed by atoms with Crippen molar-refractivity contribution in [2.45, 2.75) is 59.8 Å². The summed E-state index contributed by atoms with van der Waals surface area (Å²) in [5.74, 6) is 0.00479. The monoisotopic (exact) mass is 640 g/mol. The van der Waals surface area contributed by atoms with Gasteiger partial charge in [-0.3, -0.25) is 9.78 Å². The number of nitrogens with one attached hydrogen (secondary N) is 2. The van der Waals surface area contributed by atoms with Crippen LogP contribution in [0.2, 0.25) is 0 Å². The maximum Gasteiger partial charge on any atom is 0.193 e. The number of H-pyrrole nitrogens is 2. The van der Waals surface area contributed by atoms with Crippen LogP contribution in [0.1, 0.15) is 63.7 Å². The van der Waals surface area contributed by atoms with Gasteiger partial charge in [-0.1, -0.05) is 77.9 Å². The summed E-state index contributed by atoms with van der Waals surface area (Å²) in [5.41, 5.74) is 17.4. The molecule has 0 saturated carbocycles. The van der Waals surface area contributed by atoms with E-state index in [1.807, 2.05) is 38.1 Å². The Morgan fingerprint density at radius 1 is 0.571 bits per heavy atom. The van der Waals surface area contributed by atoms with Crippen LogP contribution < -0.4 is 0 Å². The van der Waals surface area contributed by atoms with Crippen LogP contribution in [-0.2, 0) is 18.3 Å². The lowest BCUT2D eigenvalue weighted by Crippen LogP contribution is -2.24. The van der Waals surface area contributed by atoms with Gasteiger partial charge in [-0.05, 0) is 113 Å². The van der Waals surface area contributed by atoms with Crippen molar-refractivity contribution in [3.05, 3.63) is 142 Å². The lowest BCUT2D eigenvalue weighted by atomic mass is 9.84. The summed E-state index contributed by atoms with van der Waals surface area (Å²) in [6.07, 6.45) is 1.64. The molecule has 242 valence electrons. The fourth-order valence-electron chi connectivity index (χ4n) is 7.69. The highest BCUT2D eigenvalue weighted by molar-refractivity contribution is 6.11. The number of hydrogen-bond donors (Lipinski definition) is 2. The average molecular weight is 641 g/mol. The second kappa shape index (κ2) is 11.6. The van der Waals surface area contributed by atoms with E-state index in [1.54, 1.807) is 0 Å². The fraction of sp³-hybridized carbons (Fsp3) is 0.205. The standard InChI is InChI=1S/C44H40N4O/c1-25-12-14-30(15-13-25)39-32-17-16-31(45-32)24-37-44(5,6)43(49)42(48-37)40(29-10-8-7-9-11-29)34-19-21-36(47-34)41(35-20-18-33(39)46-35)38-27(3)22-26(2)23-28(38)4/h7-17,19,21-24,45,47H,18,20H2,1-6H3. The van der Waals surface area contributed by atoms with E-state index in [-0.39, 0.29) is 5.78 Å². The van der Waals surface area contributed by atoms with Crippen molar-refractivity contribution < 1.29 is 4.79 Å². The molecule has 0 radical (unpaired) electrons. The molecular weight excluding hydrogens is 601 g/mol. The number of carbonyl (C=O) groups excluding carboxylic acids is 1. The second-order valence-corrected chi connectivity index (χ2v) is 14.2. The minimum atomic E-state index is -0.806. The van der Waals surface area contributed by atoms with Crippen LogP contribution in [0, 0.1) is 27.7 Å². The van der Waals surface area contributed by atoms with Crippen molar-refractivity contribution in [3.8, 4) is 33.4 Å². The summed E-state index contributed by atoms with van der Waals surface area (Å²) < 4.78 is 0. The smallest absolute Gasteiger partial charge is 0.193 e. The lowest BCUT2D eigenvalue weighted by molar-refractivity contribution is 0.0920. The molecule has 8 rings (SSSR count). The Balaban J connectivity index is 1.58. The van der Waals surface area contributed by atoms with E-state index in [0.717, 1.165) is 79.8 Å². The molecular formula is C44H40N4O. The minimum Gasteiger partial charge on any atom is -0.355 e. The molecule has 8 bridgehead atoms. The molecule has 0 fully saturated rings. The molecule has 49 heavy (non-hydrogen) atoms. The van der Waals surface area contributed by atoms with Gasteiger partial charge in [0.2, 0.25) is 0 Å². The number of aromatic amines is 2. The van der Waals surface area contributed by atoms with Crippen molar-refractivity contribution >= 4 is 27.9 Å². The predicted molar refractivity (Wildman–Crippen MR) is 201 cm³/mol. The topological polar surface area (TPSA) is 74.4 Å². The third-order valence-corrected chi connectivity index (χ3v) is 10.2. The molecule has 5 nitrogen and oxygen atoms in total. The quantitative estimate of drug-likeness (QED) is 0.202. The minimum absolute atomic E-state index is 0.00479.